The van der Waals surface area contributed by atoms with Gasteiger partial charge in [0.2, 0.25) is 0 Å². The highest BCUT2D eigenvalue weighted by atomic mass is 35.5. The normalized spacial score (nSPS) is 18.5. The second-order valence-corrected chi connectivity index (χ2v) is 9.46. The predicted octanol–water partition coefficient (Wildman–Crippen LogP) is 4.99. The standard InChI is InChI=1S/C25H30ClN5S/c1-16-15-19(18(3)31(16)22-11-8-9-20(26)17(22)2)24-23(21-10-6-7-12-27-21)28-25(32)30(24)14-13-29(4)5/h6-12,15,23-24H,13-14H2,1-5H3,(H,28,32)/t23-,24-/m0/s1. The van der Waals surface area contributed by atoms with Crippen molar-refractivity contribution in [3.63, 3.8) is 0 Å². The topological polar surface area (TPSA) is 36.3 Å². The number of nitrogens with one attached hydrogen (secondary N) is 1. The van der Waals surface area contributed by atoms with Crippen molar-refractivity contribution in [2.75, 3.05) is 27.2 Å². The maximum Gasteiger partial charge on any atom is 0.170 e. The van der Waals surface area contributed by atoms with E-state index in [1.54, 1.807) is 0 Å². The van der Waals surface area contributed by atoms with Crippen LogP contribution in [0.25, 0.3) is 5.69 Å². The van der Waals surface area contributed by atoms with E-state index in [0.717, 1.165) is 40.2 Å². The third-order valence-electron chi connectivity index (χ3n) is 6.25. The van der Waals surface area contributed by atoms with Gasteiger partial charge in [-0.1, -0.05) is 23.7 Å². The number of halogens is 1. The minimum atomic E-state index is -0.0136. The molecule has 4 rings (SSSR count). The number of rotatable bonds is 6. The van der Waals surface area contributed by atoms with Gasteiger partial charge in [-0.25, -0.2) is 0 Å². The molecule has 1 aliphatic rings. The molecule has 1 aromatic carbocycles. The fourth-order valence-corrected chi connectivity index (χ4v) is 5.09. The van der Waals surface area contributed by atoms with Gasteiger partial charge in [-0.05, 0) is 88.5 Å². The highest BCUT2D eigenvalue weighted by Gasteiger charge is 2.41. The van der Waals surface area contributed by atoms with Gasteiger partial charge in [0.25, 0.3) is 0 Å². The minimum absolute atomic E-state index is 0.0136. The summed E-state index contributed by atoms with van der Waals surface area (Å²) in [5.41, 5.74) is 6.81. The third kappa shape index (κ3) is 4.15. The smallest absolute Gasteiger partial charge is 0.170 e. The number of thiocarbonyl (C=S) groups is 1. The van der Waals surface area contributed by atoms with Crippen LogP contribution in [0.3, 0.4) is 0 Å². The van der Waals surface area contributed by atoms with Crippen molar-refractivity contribution in [3.8, 4) is 5.69 Å². The van der Waals surface area contributed by atoms with Crippen molar-refractivity contribution >= 4 is 28.9 Å². The number of aryl methyl sites for hydroxylation is 1. The molecule has 1 fully saturated rings. The summed E-state index contributed by atoms with van der Waals surface area (Å²) >= 11 is 12.3. The molecular formula is C25H30ClN5S. The lowest BCUT2D eigenvalue weighted by atomic mass is 9.96. The van der Waals surface area contributed by atoms with Crippen LogP contribution in [0.2, 0.25) is 5.02 Å². The Kier molecular flexibility index (Phi) is 6.56. The van der Waals surface area contributed by atoms with Gasteiger partial charge in [0, 0.05) is 41.4 Å². The largest absolute Gasteiger partial charge is 0.352 e. The molecule has 2 aromatic heterocycles. The van der Waals surface area contributed by atoms with Crippen molar-refractivity contribution in [2.45, 2.75) is 32.9 Å². The molecule has 0 aliphatic carbocycles. The highest BCUT2D eigenvalue weighted by Crippen LogP contribution is 2.41. The van der Waals surface area contributed by atoms with E-state index in [4.69, 9.17) is 23.8 Å². The zero-order chi connectivity index (χ0) is 23.0. The van der Waals surface area contributed by atoms with E-state index in [2.05, 4.69) is 77.7 Å². The first-order chi connectivity index (χ1) is 15.3. The predicted molar refractivity (Wildman–Crippen MR) is 136 cm³/mol. The number of benzene rings is 1. The van der Waals surface area contributed by atoms with E-state index in [0.29, 0.717) is 0 Å². The summed E-state index contributed by atoms with van der Waals surface area (Å²) in [6.45, 7) is 8.16. The van der Waals surface area contributed by atoms with Gasteiger partial charge in [-0.2, -0.15) is 0 Å². The Balaban J connectivity index is 1.83. The van der Waals surface area contributed by atoms with Gasteiger partial charge < -0.3 is 19.7 Å². The fraction of sp³-hybridized carbons (Fsp3) is 0.360. The molecule has 2 atom stereocenters. The van der Waals surface area contributed by atoms with Gasteiger partial charge in [0.1, 0.15) is 0 Å². The minimum Gasteiger partial charge on any atom is -0.352 e. The zero-order valence-corrected chi connectivity index (χ0v) is 20.8. The average molecular weight is 468 g/mol. The van der Waals surface area contributed by atoms with Crippen LogP contribution in [0.15, 0.2) is 48.7 Å². The van der Waals surface area contributed by atoms with Crippen molar-refractivity contribution in [1.82, 2.24) is 24.7 Å². The Hall–Kier alpha value is -2.41. The van der Waals surface area contributed by atoms with E-state index >= 15 is 0 Å². The molecule has 3 heterocycles. The highest BCUT2D eigenvalue weighted by molar-refractivity contribution is 7.80. The van der Waals surface area contributed by atoms with E-state index in [-0.39, 0.29) is 12.1 Å². The molecule has 5 nitrogen and oxygen atoms in total. The molecule has 0 saturated carbocycles. The van der Waals surface area contributed by atoms with E-state index in [1.165, 1.54) is 17.0 Å². The van der Waals surface area contributed by atoms with E-state index < -0.39 is 0 Å². The molecule has 7 heteroatoms. The van der Waals surface area contributed by atoms with Gasteiger partial charge in [-0.3, -0.25) is 4.98 Å². The van der Waals surface area contributed by atoms with Crippen LogP contribution in [0, 0.1) is 20.8 Å². The Morgan fingerprint density at radius 2 is 1.91 bits per heavy atom. The fourth-order valence-electron chi connectivity index (χ4n) is 4.59. The molecule has 168 valence electrons. The number of hydrogen-bond donors (Lipinski definition) is 1. The molecule has 32 heavy (non-hydrogen) atoms. The number of aromatic nitrogens is 2. The van der Waals surface area contributed by atoms with Crippen molar-refractivity contribution in [3.05, 3.63) is 81.9 Å². The molecule has 1 aliphatic heterocycles. The summed E-state index contributed by atoms with van der Waals surface area (Å²) in [7, 11) is 4.18. The molecule has 0 bridgehead atoms. The molecule has 0 radical (unpaired) electrons. The molecule has 0 amide bonds. The number of pyridine rings is 1. The van der Waals surface area contributed by atoms with Gasteiger partial charge in [0.05, 0.1) is 17.8 Å². The summed E-state index contributed by atoms with van der Waals surface area (Å²) in [6.07, 6.45) is 1.85. The van der Waals surface area contributed by atoms with Crippen LogP contribution in [0.5, 0.6) is 0 Å². The van der Waals surface area contributed by atoms with E-state index in [9.17, 15) is 0 Å². The second-order valence-electron chi connectivity index (χ2n) is 8.67. The third-order valence-corrected chi connectivity index (χ3v) is 7.02. The van der Waals surface area contributed by atoms with Crippen LogP contribution in [0.1, 0.15) is 40.3 Å². The molecule has 1 N–H and O–H groups in total. The van der Waals surface area contributed by atoms with Crippen molar-refractivity contribution in [2.24, 2.45) is 0 Å². The lowest BCUT2D eigenvalue weighted by Gasteiger charge is -2.29. The summed E-state index contributed by atoms with van der Waals surface area (Å²) in [5, 5.41) is 5.11. The van der Waals surface area contributed by atoms with Crippen molar-refractivity contribution < 1.29 is 0 Å². The van der Waals surface area contributed by atoms with Crippen molar-refractivity contribution in [1.29, 1.82) is 0 Å². The Bertz CT molecular complexity index is 1120. The van der Waals surface area contributed by atoms with Crippen LogP contribution >= 0.6 is 23.8 Å². The monoisotopic (exact) mass is 467 g/mol. The van der Waals surface area contributed by atoms with Gasteiger partial charge >= 0.3 is 0 Å². The van der Waals surface area contributed by atoms with E-state index in [1.807, 2.05) is 30.5 Å². The molecule has 3 aromatic rings. The first kappa shape index (κ1) is 22.8. The Labute approximate surface area is 201 Å². The zero-order valence-electron chi connectivity index (χ0n) is 19.3. The first-order valence-electron chi connectivity index (χ1n) is 10.9. The first-order valence-corrected chi connectivity index (χ1v) is 11.7. The summed E-state index contributed by atoms with van der Waals surface area (Å²) < 4.78 is 2.30. The lowest BCUT2D eigenvalue weighted by molar-refractivity contribution is 0.277. The summed E-state index contributed by atoms with van der Waals surface area (Å²) in [5.74, 6) is 0. The Morgan fingerprint density at radius 1 is 1.12 bits per heavy atom. The quantitative estimate of drug-likeness (QED) is 0.517. The second kappa shape index (κ2) is 9.22. The van der Waals surface area contributed by atoms with Crippen LogP contribution in [-0.4, -0.2) is 51.6 Å². The van der Waals surface area contributed by atoms with Crippen LogP contribution in [-0.2, 0) is 0 Å². The Morgan fingerprint density at radius 3 is 2.59 bits per heavy atom. The summed E-state index contributed by atoms with van der Waals surface area (Å²) in [6, 6.07) is 14.5. The van der Waals surface area contributed by atoms with Crippen LogP contribution < -0.4 is 5.32 Å². The lowest BCUT2D eigenvalue weighted by Crippen LogP contribution is -2.35. The molecule has 0 unspecified atom stereocenters. The average Bonchev–Trinajstić information content (AvgIpc) is 3.24. The molecular weight excluding hydrogens is 438 g/mol. The number of hydrogen-bond acceptors (Lipinski definition) is 3. The number of likely N-dealkylation sites (N-methyl/N-ethyl adjacent to an activating group) is 1. The maximum atomic E-state index is 6.46. The maximum absolute atomic E-state index is 6.46. The summed E-state index contributed by atoms with van der Waals surface area (Å²) in [4.78, 5) is 9.16. The van der Waals surface area contributed by atoms with Gasteiger partial charge in [-0.15, -0.1) is 0 Å². The van der Waals surface area contributed by atoms with Crippen LogP contribution in [0.4, 0.5) is 0 Å². The molecule has 1 saturated heterocycles. The molecule has 0 spiro atoms. The van der Waals surface area contributed by atoms with Gasteiger partial charge in [0.15, 0.2) is 5.11 Å². The number of nitrogens with zero attached hydrogens (tertiary/aromatic N) is 4. The SMILES string of the molecule is Cc1c(Cl)cccc1-n1c(C)cc([C@H]2[C@H](c3ccccn3)NC(=S)N2CCN(C)C)c1C.